The zero-order valence-corrected chi connectivity index (χ0v) is 11.1. The number of nitrogens with one attached hydrogen (secondary N) is 1. The summed E-state index contributed by atoms with van der Waals surface area (Å²) in [7, 11) is 0. The fraction of sp³-hybridized carbons (Fsp3) is 0.0526. The molecule has 4 rings (SSSR count). The summed E-state index contributed by atoms with van der Waals surface area (Å²) in [5.74, 6) is 0. The van der Waals surface area contributed by atoms with Crippen LogP contribution in [0.3, 0.4) is 0 Å². The average Bonchev–Trinajstić information content (AvgIpc) is 2.88. The van der Waals surface area contributed by atoms with E-state index in [0.717, 1.165) is 6.42 Å². The van der Waals surface area contributed by atoms with Crippen LogP contribution in [0.1, 0.15) is 11.1 Å². The fourth-order valence-electron chi connectivity index (χ4n) is 2.90. The van der Waals surface area contributed by atoms with E-state index >= 15 is 0 Å². The van der Waals surface area contributed by atoms with E-state index in [1.54, 1.807) is 0 Å². The lowest BCUT2D eigenvalue weighted by Gasteiger charge is -2.03. The van der Waals surface area contributed by atoms with Crippen molar-refractivity contribution in [3.8, 4) is 0 Å². The van der Waals surface area contributed by atoms with E-state index in [1.165, 1.54) is 32.9 Å². The molecular weight excluding hydrogens is 242 g/mol. The van der Waals surface area contributed by atoms with Gasteiger partial charge < -0.3 is 4.98 Å². The standard InChI is InChI=1S/C19H15N/c1-2-7-14(8-3-1)13-15-9-6-11-17-16-10-4-5-12-18(16)20-19(15)17/h1-12,20H,13H2. The molecule has 0 spiro atoms. The Morgan fingerprint density at radius 1 is 0.650 bits per heavy atom. The molecule has 0 aliphatic carbocycles. The molecule has 0 bridgehead atoms. The minimum absolute atomic E-state index is 0.963. The molecule has 0 radical (unpaired) electrons. The molecule has 0 fully saturated rings. The molecule has 1 N–H and O–H groups in total. The van der Waals surface area contributed by atoms with E-state index in [-0.39, 0.29) is 0 Å². The number of hydrogen-bond donors (Lipinski definition) is 1. The lowest BCUT2D eigenvalue weighted by atomic mass is 10.0. The molecule has 1 aromatic heterocycles. The van der Waals surface area contributed by atoms with Gasteiger partial charge in [-0.15, -0.1) is 0 Å². The Morgan fingerprint density at radius 2 is 1.40 bits per heavy atom. The van der Waals surface area contributed by atoms with Gasteiger partial charge in [-0.3, -0.25) is 0 Å². The van der Waals surface area contributed by atoms with Gasteiger partial charge in [0.05, 0.1) is 5.52 Å². The summed E-state index contributed by atoms with van der Waals surface area (Å²) in [5, 5.41) is 2.62. The lowest BCUT2D eigenvalue weighted by Crippen LogP contribution is -1.88. The number of aromatic nitrogens is 1. The number of H-pyrrole nitrogens is 1. The van der Waals surface area contributed by atoms with E-state index in [1.807, 2.05) is 0 Å². The Bertz CT molecular complexity index is 872. The highest BCUT2D eigenvalue weighted by molar-refractivity contribution is 6.08. The first-order valence-electron chi connectivity index (χ1n) is 6.94. The summed E-state index contributed by atoms with van der Waals surface area (Å²) in [4.78, 5) is 3.57. The molecular formula is C19H15N. The second-order valence-corrected chi connectivity index (χ2v) is 5.17. The van der Waals surface area contributed by atoms with Crippen LogP contribution in [-0.4, -0.2) is 4.98 Å². The van der Waals surface area contributed by atoms with Crippen LogP contribution in [0.5, 0.6) is 0 Å². The molecule has 1 heteroatoms. The van der Waals surface area contributed by atoms with Crippen LogP contribution in [-0.2, 0) is 6.42 Å². The van der Waals surface area contributed by atoms with E-state index < -0.39 is 0 Å². The van der Waals surface area contributed by atoms with Crippen LogP contribution < -0.4 is 0 Å². The summed E-state index contributed by atoms with van der Waals surface area (Å²) in [5.41, 5.74) is 5.17. The van der Waals surface area contributed by atoms with Gasteiger partial charge in [-0.25, -0.2) is 0 Å². The Balaban J connectivity index is 1.91. The molecule has 0 amide bonds. The summed E-state index contributed by atoms with van der Waals surface area (Å²) in [6.07, 6.45) is 0.963. The molecule has 0 unspecified atom stereocenters. The molecule has 0 aliphatic rings. The molecule has 20 heavy (non-hydrogen) atoms. The first kappa shape index (κ1) is 11.3. The summed E-state index contributed by atoms with van der Waals surface area (Å²) in [6, 6.07) is 25.7. The van der Waals surface area contributed by atoms with Crippen LogP contribution in [0, 0.1) is 0 Å². The molecule has 3 aromatic carbocycles. The van der Waals surface area contributed by atoms with E-state index in [4.69, 9.17) is 0 Å². The minimum Gasteiger partial charge on any atom is -0.354 e. The SMILES string of the molecule is c1ccc(Cc2cccc3c2[nH]c2ccccc23)cc1. The van der Waals surface area contributed by atoms with Gasteiger partial charge >= 0.3 is 0 Å². The smallest absolute Gasteiger partial charge is 0.0500 e. The van der Waals surface area contributed by atoms with Gasteiger partial charge in [-0.2, -0.15) is 0 Å². The van der Waals surface area contributed by atoms with Crippen molar-refractivity contribution >= 4 is 21.8 Å². The second-order valence-electron chi connectivity index (χ2n) is 5.17. The van der Waals surface area contributed by atoms with E-state index in [9.17, 15) is 0 Å². The molecule has 4 aromatic rings. The van der Waals surface area contributed by atoms with Crippen molar-refractivity contribution in [2.75, 3.05) is 0 Å². The maximum atomic E-state index is 3.57. The van der Waals surface area contributed by atoms with Crippen molar-refractivity contribution in [1.29, 1.82) is 0 Å². The van der Waals surface area contributed by atoms with Crippen molar-refractivity contribution in [1.82, 2.24) is 4.98 Å². The first-order valence-corrected chi connectivity index (χ1v) is 6.94. The number of benzene rings is 3. The zero-order chi connectivity index (χ0) is 13.4. The van der Waals surface area contributed by atoms with Crippen molar-refractivity contribution in [3.63, 3.8) is 0 Å². The first-order chi connectivity index (χ1) is 9.92. The largest absolute Gasteiger partial charge is 0.354 e. The lowest BCUT2D eigenvalue weighted by molar-refractivity contribution is 1.20. The highest BCUT2D eigenvalue weighted by Gasteiger charge is 2.07. The molecule has 1 heterocycles. The third-order valence-electron chi connectivity index (χ3n) is 3.87. The maximum absolute atomic E-state index is 3.57. The number of hydrogen-bond acceptors (Lipinski definition) is 0. The highest BCUT2D eigenvalue weighted by atomic mass is 14.7. The second kappa shape index (κ2) is 4.53. The van der Waals surface area contributed by atoms with Crippen LogP contribution in [0.15, 0.2) is 72.8 Å². The molecule has 0 saturated heterocycles. The molecule has 96 valence electrons. The van der Waals surface area contributed by atoms with Crippen molar-refractivity contribution < 1.29 is 0 Å². The van der Waals surface area contributed by atoms with Gasteiger partial charge in [-0.05, 0) is 23.6 Å². The highest BCUT2D eigenvalue weighted by Crippen LogP contribution is 2.28. The van der Waals surface area contributed by atoms with Gasteiger partial charge in [0.2, 0.25) is 0 Å². The topological polar surface area (TPSA) is 15.8 Å². The minimum atomic E-state index is 0.963. The molecule has 0 aliphatic heterocycles. The van der Waals surface area contributed by atoms with Crippen LogP contribution in [0.2, 0.25) is 0 Å². The van der Waals surface area contributed by atoms with Gasteiger partial charge in [0.15, 0.2) is 0 Å². The number of para-hydroxylation sites is 2. The normalized spacial score (nSPS) is 11.2. The van der Waals surface area contributed by atoms with Crippen molar-refractivity contribution in [2.24, 2.45) is 0 Å². The van der Waals surface area contributed by atoms with Crippen molar-refractivity contribution in [3.05, 3.63) is 83.9 Å². The quantitative estimate of drug-likeness (QED) is 0.525. The third-order valence-corrected chi connectivity index (χ3v) is 3.87. The van der Waals surface area contributed by atoms with Gasteiger partial charge in [-0.1, -0.05) is 66.7 Å². The predicted octanol–water partition coefficient (Wildman–Crippen LogP) is 4.91. The molecule has 1 nitrogen and oxygen atoms in total. The Labute approximate surface area is 117 Å². The third kappa shape index (κ3) is 1.79. The Hall–Kier alpha value is -2.54. The van der Waals surface area contributed by atoms with E-state index in [2.05, 4.69) is 77.8 Å². The number of aromatic amines is 1. The summed E-state index contributed by atoms with van der Waals surface area (Å²) < 4.78 is 0. The van der Waals surface area contributed by atoms with Crippen molar-refractivity contribution in [2.45, 2.75) is 6.42 Å². The summed E-state index contributed by atoms with van der Waals surface area (Å²) in [6.45, 7) is 0. The average molecular weight is 257 g/mol. The Kier molecular flexibility index (Phi) is 2.56. The number of rotatable bonds is 2. The van der Waals surface area contributed by atoms with Gasteiger partial charge in [0.1, 0.15) is 0 Å². The van der Waals surface area contributed by atoms with Gasteiger partial charge in [0.25, 0.3) is 0 Å². The van der Waals surface area contributed by atoms with Gasteiger partial charge in [0, 0.05) is 16.3 Å². The monoisotopic (exact) mass is 257 g/mol. The Morgan fingerprint density at radius 3 is 2.30 bits per heavy atom. The number of fused-ring (bicyclic) bond motifs is 3. The fourth-order valence-corrected chi connectivity index (χ4v) is 2.90. The summed E-state index contributed by atoms with van der Waals surface area (Å²) >= 11 is 0. The van der Waals surface area contributed by atoms with Crippen LogP contribution in [0.25, 0.3) is 21.8 Å². The predicted molar refractivity (Wildman–Crippen MR) is 85.1 cm³/mol. The van der Waals surface area contributed by atoms with Crippen LogP contribution >= 0.6 is 0 Å². The van der Waals surface area contributed by atoms with Crippen LogP contribution in [0.4, 0.5) is 0 Å². The molecule has 0 saturated carbocycles. The maximum Gasteiger partial charge on any atom is 0.0500 e. The van der Waals surface area contributed by atoms with E-state index in [0.29, 0.717) is 0 Å². The molecule has 0 atom stereocenters. The zero-order valence-electron chi connectivity index (χ0n) is 11.1.